The van der Waals surface area contributed by atoms with Crippen molar-refractivity contribution >= 4 is 5.91 Å². The third-order valence-corrected chi connectivity index (χ3v) is 3.14. The number of carbonyl (C=O) groups is 1. The molecule has 0 spiro atoms. The molecule has 2 rings (SSSR count). The smallest absolute Gasteiger partial charge is 0.222 e. The predicted octanol–water partition coefficient (Wildman–Crippen LogP) is 1.08. The molecule has 6 heteroatoms. The maximum absolute atomic E-state index is 12.0. The van der Waals surface area contributed by atoms with Gasteiger partial charge in [0.15, 0.2) is 5.82 Å². The van der Waals surface area contributed by atoms with E-state index >= 15 is 0 Å². The molecule has 2 aromatic rings. The monoisotopic (exact) mass is 273 g/mol. The highest BCUT2D eigenvalue weighted by Gasteiger charge is 2.16. The number of carbonyl (C=O) groups excluding carboxylic acids is 1. The van der Waals surface area contributed by atoms with Gasteiger partial charge in [-0.15, -0.1) is 10.2 Å². The molecule has 0 aliphatic carbocycles. The van der Waals surface area contributed by atoms with Crippen molar-refractivity contribution in [3.63, 3.8) is 0 Å². The quantitative estimate of drug-likeness (QED) is 0.853. The van der Waals surface area contributed by atoms with Gasteiger partial charge in [-0.2, -0.15) is 0 Å². The second kappa shape index (κ2) is 6.29. The molecule has 1 aromatic heterocycles. The van der Waals surface area contributed by atoms with E-state index in [2.05, 4.69) is 15.5 Å². The van der Waals surface area contributed by atoms with Crippen molar-refractivity contribution < 1.29 is 4.79 Å². The van der Waals surface area contributed by atoms with Crippen molar-refractivity contribution in [3.05, 3.63) is 48.0 Å². The maximum atomic E-state index is 12.0. The van der Waals surface area contributed by atoms with E-state index < -0.39 is 0 Å². The van der Waals surface area contributed by atoms with Crippen LogP contribution in [-0.4, -0.2) is 20.7 Å². The molecule has 1 aromatic carbocycles. The molecule has 1 amide bonds. The van der Waals surface area contributed by atoms with Crippen LogP contribution in [0.2, 0.25) is 0 Å². The van der Waals surface area contributed by atoms with E-state index in [1.165, 1.54) is 0 Å². The Labute approximate surface area is 118 Å². The van der Waals surface area contributed by atoms with Crippen molar-refractivity contribution in [2.45, 2.75) is 25.4 Å². The average Bonchev–Trinajstić information content (AvgIpc) is 2.86. The van der Waals surface area contributed by atoms with Crippen molar-refractivity contribution in [1.82, 2.24) is 20.1 Å². The van der Waals surface area contributed by atoms with Crippen LogP contribution in [0.15, 0.2) is 36.7 Å². The minimum absolute atomic E-state index is 0.100. The van der Waals surface area contributed by atoms with Crippen molar-refractivity contribution in [3.8, 4) is 0 Å². The number of aromatic nitrogens is 3. The summed E-state index contributed by atoms with van der Waals surface area (Å²) in [7, 11) is 1.84. The Morgan fingerprint density at radius 3 is 2.70 bits per heavy atom. The van der Waals surface area contributed by atoms with Gasteiger partial charge in [0, 0.05) is 19.5 Å². The molecule has 1 heterocycles. The summed E-state index contributed by atoms with van der Waals surface area (Å²) in [5, 5.41) is 10.7. The normalized spacial score (nSPS) is 13.8. The first-order chi connectivity index (χ1) is 9.58. The molecule has 0 aliphatic rings. The molecule has 0 saturated carbocycles. The molecule has 0 saturated heterocycles. The molecule has 6 nitrogen and oxygen atoms in total. The lowest BCUT2D eigenvalue weighted by molar-refractivity contribution is -0.122. The second-order valence-corrected chi connectivity index (χ2v) is 4.81. The third-order valence-electron chi connectivity index (χ3n) is 3.14. The van der Waals surface area contributed by atoms with Gasteiger partial charge >= 0.3 is 0 Å². The van der Waals surface area contributed by atoms with Gasteiger partial charge in [0.25, 0.3) is 0 Å². The molecular weight excluding hydrogens is 254 g/mol. The first-order valence-electron chi connectivity index (χ1n) is 6.51. The number of rotatable bonds is 5. The van der Waals surface area contributed by atoms with Gasteiger partial charge in [-0.3, -0.25) is 4.79 Å². The fraction of sp³-hybridized carbons (Fsp3) is 0.357. The highest BCUT2D eigenvalue weighted by molar-refractivity contribution is 5.77. The zero-order chi connectivity index (χ0) is 14.5. The molecule has 3 N–H and O–H groups in total. The van der Waals surface area contributed by atoms with Crippen LogP contribution in [-0.2, 0) is 11.8 Å². The van der Waals surface area contributed by atoms with E-state index in [0.29, 0.717) is 5.82 Å². The largest absolute Gasteiger partial charge is 0.346 e. The van der Waals surface area contributed by atoms with E-state index in [4.69, 9.17) is 5.73 Å². The zero-order valence-corrected chi connectivity index (χ0v) is 11.7. The van der Waals surface area contributed by atoms with Gasteiger partial charge in [0.2, 0.25) is 5.91 Å². The summed E-state index contributed by atoms with van der Waals surface area (Å²) >= 11 is 0. The number of amides is 1. The summed E-state index contributed by atoms with van der Waals surface area (Å²) in [6.07, 6.45) is 1.85. The van der Waals surface area contributed by atoms with Crippen LogP contribution in [0.3, 0.4) is 0 Å². The predicted molar refractivity (Wildman–Crippen MR) is 75.5 cm³/mol. The summed E-state index contributed by atoms with van der Waals surface area (Å²) < 4.78 is 1.78. The van der Waals surface area contributed by atoms with Crippen LogP contribution in [0.5, 0.6) is 0 Å². The molecule has 20 heavy (non-hydrogen) atoms. The van der Waals surface area contributed by atoms with Gasteiger partial charge in [0.05, 0.1) is 6.04 Å². The van der Waals surface area contributed by atoms with E-state index in [-0.39, 0.29) is 24.4 Å². The number of hydrogen-bond acceptors (Lipinski definition) is 4. The van der Waals surface area contributed by atoms with Crippen molar-refractivity contribution in [2.75, 3.05) is 0 Å². The van der Waals surface area contributed by atoms with Crippen LogP contribution >= 0.6 is 0 Å². The van der Waals surface area contributed by atoms with Crippen LogP contribution in [0, 0.1) is 0 Å². The number of nitrogens with one attached hydrogen (secondary N) is 1. The highest BCUT2D eigenvalue weighted by atomic mass is 16.1. The van der Waals surface area contributed by atoms with Crippen LogP contribution in [0.4, 0.5) is 0 Å². The first kappa shape index (κ1) is 14.2. The SMILES string of the molecule is CC(NC(=O)CC(N)c1ccccc1)c1nncn1C. The molecule has 0 radical (unpaired) electrons. The van der Waals surface area contributed by atoms with Crippen molar-refractivity contribution in [2.24, 2.45) is 12.8 Å². The van der Waals surface area contributed by atoms with Gasteiger partial charge in [-0.05, 0) is 12.5 Å². The Morgan fingerprint density at radius 2 is 2.10 bits per heavy atom. The Bertz CT molecular complexity index is 566. The Balaban J connectivity index is 1.91. The summed E-state index contributed by atoms with van der Waals surface area (Å²) in [5.41, 5.74) is 6.98. The van der Waals surface area contributed by atoms with Gasteiger partial charge in [0.1, 0.15) is 6.33 Å². The average molecular weight is 273 g/mol. The topological polar surface area (TPSA) is 85.8 Å². The minimum atomic E-state index is -0.303. The lowest BCUT2D eigenvalue weighted by atomic mass is 10.0. The maximum Gasteiger partial charge on any atom is 0.222 e. The summed E-state index contributed by atoms with van der Waals surface area (Å²) in [6, 6.07) is 9.09. The Morgan fingerprint density at radius 1 is 1.40 bits per heavy atom. The van der Waals surface area contributed by atoms with Gasteiger partial charge in [-0.1, -0.05) is 30.3 Å². The first-order valence-corrected chi connectivity index (χ1v) is 6.51. The van der Waals surface area contributed by atoms with Crippen LogP contribution in [0.25, 0.3) is 0 Å². The van der Waals surface area contributed by atoms with E-state index in [1.54, 1.807) is 10.9 Å². The molecular formula is C14H19N5O. The summed E-state index contributed by atoms with van der Waals surface area (Å²) in [4.78, 5) is 12.0. The molecule has 0 fully saturated rings. The van der Waals surface area contributed by atoms with E-state index in [1.807, 2.05) is 44.3 Å². The fourth-order valence-corrected chi connectivity index (χ4v) is 2.07. The zero-order valence-electron chi connectivity index (χ0n) is 11.7. The highest BCUT2D eigenvalue weighted by Crippen LogP contribution is 2.14. The number of benzene rings is 1. The van der Waals surface area contributed by atoms with Gasteiger partial charge < -0.3 is 15.6 Å². The van der Waals surface area contributed by atoms with Crippen molar-refractivity contribution in [1.29, 1.82) is 0 Å². The number of hydrogen-bond donors (Lipinski definition) is 2. The lowest BCUT2D eigenvalue weighted by Gasteiger charge is -2.16. The lowest BCUT2D eigenvalue weighted by Crippen LogP contribution is -2.31. The van der Waals surface area contributed by atoms with Crippen LogP contribution < -0.4 is 11.1 Å². The van der Waals surface area contributed by atoms with Crippen LogP contribution in [0.1, 0.15) is 36.8 Å². The minimum Gasteiger partial charge on any atom is -0.346 e. The molecule has 0 aliphatic heterocycles. The second-order valence-electron chi connectivity index (χ2n) is 4.81. The third kappa shape index (κ3) is 3.42. The molecule has 2 unspecified atom stereocenters. The Kier molecular flexibility index (Phi) is 4.47. The Hall–Kier alpha value is -2.21. The van der Waals surface area contributed by atoms with E-state index in [0.717, 1.165) is 5.56 Å². The standard InChI is InChI=1S/C14H19N5O/c1-10(14-18-16-9-19(14)2)17-13(20)8-12(15)11-6-4-3-5-7-11/h3-7,9-10,12H,8,15H2,1-2H3,(H,17,20). The number of nitrogens with two attached hydrogens (primary N) is 1. The van der Waals surface area contributed by atoms with Gasteiger partial charge in [-0.25, -0.2) is 0 Å². The summed E-state index contributed by atoms with van der Waals surface area (Å²) in [5.74, 6) is 0.614. The fourth-order valence-electron chi connectivity index (χ4n) is 2.07. The number of nitrogens with zero attached hydrogens (tertiary/aromatic N) is 3. The number of aryl methyl sites for hydroxylation is 1. The molecule has 106 valence electrons. The molecule has 2 atom stereocenters. The summed E-state index contributed by atoms with van der Waals surface area (Å²) in [6.45, 7) is 1.87. The molecule has 0 bridgehead atoms. The van der Waals surface area contributed by atoms with E-state index in [9.17, 15) is 4.79 Å².